The summed E-state index contributed by atoms with van der Waals surface area (Å²) in [5.74, 6) is -0.933. The van der Waals surface area contributed by atoms with Gasteiger partial charge < -0.3 is 9.72 Å². The van der Waals surface area contributed by atoms with E-state index in [2.05, 4.69) is 20.7 Å². The Labute approximate surface area is 95.5 Å². The number of rotatable bonds is 1. The zero-order chi connectivity index (χ0) is 12.5. The number of methoxy groups -OCH3 is 1. The molecule has 0 saturated heterocycles. The van der Waals surface area contributed by atoms with Crippen LogP contribution in [0.1, 0.15) is 16.1 Å². The molecule has 88 valence electrons. The van der Waals surface area contributed by atoms with Crippen LogP contribution in [-0.2, 0) is 10.9 Å². The number of carbonyl (C=O) groups excluding carboxylic acids is 1. The van der Waals surface area contributed by atoms with Crippen LogP contribution in [0, 0.1) is 0 Å². The van der Waals surface area contributed by atoms with E-state index in [-0.39, 0.29) is 10.2 Å². The van der Waals surface area contributed by atoms with Crippen LogP contribution in [0.4, 0.5) is 13.2 Å². The number of esters is 1. The Balaban J connectivity index is 3.40. The topological polar surface area (TPSA) is 59.2 Å². The molecule has 0 aliphatic carbocycles. The fourth-order valence-corrected chi connectivity index (χ4v) is 1.46. The number of H-pyrrole nitrogens is 1. The third-order valence-corrected chi connectivity index (χ3v) is 2.31. The first-order valence-electron chi connectivity index (χ1n) is 3.85. The van der Waals surface area contributed by atoms with Crippen molar-refractivity contribution in [3.8, 4) is 0 Å². The van der Waals surface area contributed by atoms with Gasteiger partial charge in [0.1, 0.15) is 11.3 Å². The van der Waals surface area contributed by atoms with Gasteiger partial charge in [-0.2, -0.15) is 13.2 Å². The number of aromatic nitrogens is 1. The molecule has 0 atom stereocenters. The minimum absolute atomic E-state index is 0.189. The van der Waals surface area contributed by atoms with Crippen molar-refractivity contribution >= 4 is 21.9 Å². The van der Waals surface area contributed by atoms with Gasteiger partial charge in [0.15, 0.2) is 0 Å². The highest BCUT2D eigenvalue weighted by Gasteiger charge is 2.35. The molecular formula is C8H5BrF3NO3. The number of carbonyl (C=O) groups is 1. The fourth-order valence-electron chi connectivity index (χ4n) is 0.966. The summed E-state index contributed by atoms with van der Waals surface area (Å²) in [7, 11) is 1.05. The van der Waals surface area contributed by atoms with Gasteiger partial charge in [0, 0.05) is 4.47 Å². The van der Waals surface area contributed by atoms with E-state index in [1.807, 2.05) is 0 Å². The summed E-state index contributed by atoms with van der Waals surface area (Å²) in [6, 6.07) is 0.533. The molecule has 4 nitrogen and oxygen atoms in total. The average molecular weight is 300 g/mol. The Kier molecular flexibility index (Phi) is 3.41. The number of pyridine rings is 1. The summed E-state index contributed by atoms with van der Waals surface area (Å²) in [5, 5.41) is 0. The maximum absolute atomic E-state index is 12.3. The molecule has 1 N–H and O–H groups in total. The van der Waals surface area contributed by atoms with E-state index in [1.54, 1.807) is 4.98 Å². The number of hydrogen-bond donors (Lipinski definition) is 1. The monoisotopic (exact) mass is 299 g/mol. The van der Waals surface area contributed by atoms with Crippen molar-refractivity contribution in [3.05, 3.63) is 32.2 Å². The number of ether oxygens (including phenoxy) is 1. The Morgan fingerprint density at radius 1 is 1.50 bits per heavy atom. The van der Waals surface area contributed by atoms with Gasteiger partial charge in [0.05, 0.1) is 7.11 Å². The second-order valence-electron chi connectivity index (χ2n) is 2.72. The predicted octanol–water partition coefficient (Wildman–Crippen LogP) is 1.94. The number of nitrogens with one attached hydrogen (secondary N) is 1. The summed E-state index contributed by atoms with van der Waals surface area (Å²) in [5.41, 5.74) is -3.14. The first-order valence-corrected chi connectivity index (χ1v) is 4.65. The van der Waals surface area contributed by atoms with Gasteiger partial charge in [0.25, 0.3) is 5.56 Å². The van der Waals surface area contributed by atoms with E-state index in [0.29, 0.717) is 6.07 Å². The second kappa shape index (κ2) is 4.28. The first-order chi connectivity index (χ1) is 7.27. The summed E-state index contributed by atoms with van der Waals surface area (Å²) in [4.78, 5) is 23.9. The molecule has 0 aliphatic heterocycles. The van der Waals surface area contributed by atoms with Crippen LogP contribution in [-0.4, -0.2) is 18.1 Å². The maximum Gasteiger partial charge on any atom is 0.421 e. The van der Waals surface area contributed by atoms with Gasteiger partial charge >= 0.3 is 12.1 Å². The van der Waals surface area contributed by atoms with Gasteiger partial charge in [-0.15, -0.1) is 0 Å². The molecule has 1 aromatic rings. The van der Waals surface area contributed by atoms with Crippen molar-refractivity contribution in [2.45, 2.75) is 6.18 Å². The molecule has 16 heavy (non-hydrogen) atoms. The molecule has 0 unspecified atom stereocenters. The predicted molar refractivity (Wildman–Crippen MR) is 51.1 cm³/mol. The van der Waals surface area contributed by atoms with Gasteiger partial charge in [-0.3, -0.25) is 4.79 Å². The van der Waals surface area contributed by atoms with Crippen LogP contribution >= 0.6 is 15.9 Å². The van der Waals surface area contributed by atoms with Crippen LogP contribution in [0.5, 0.6) is 0 Å². The molecule has 0 radical (unpaired) electrons. The lowest BCUT2D eigenvalue weighted by Gasteiger charge is -2.08. The Bertz CT molecular complexity index is 480. The molecule has 1 aromatic heterocycles. The van der Waals surface area contributed by atoms with Crippen LogP contribution in [0.25, 0.3) is 0 Å². The second-order valence-corrected chi connectivity index (χ2v) is 3.58. The molecule has 0 aromatic carbocycles. The highest BCUT2D eigenvalue weighted by atomic mass is 79.9. The van der Waals surface area contributed by atoms with Gasteiger partial charge in [-0.25, -0.2) is 4.79 Å². The lowest BCUT2D eigenvalue weighted by atomic mass is 10.2. The highest BCUT2D eigenvalue weighted by molar-refractivity contribution is 9.10. The molecule has 1 rings (SSSR count). The standard InChI is InChI=1S/C8H5BrF3NO3/c1-16-7(15)5-4(9)2-3(6(14)13-5)8(10,11)12/h2H,1H3,(H,13,14). The molecule has 0 amide bonds. The quantitative estimate of drug-likeness (QED) is 0.806. The lowest BCUT2D eigenvalue weighted by molar-refractivity contribution is -0.138. The van der Waals surface area contributed by atoms with E-state index in [4.69, 9.17) is 0 Å². The molecule has 0 aliphatic rings. The van der Waals surface area contributed by atoms with Crippen molar-refractivity contribution < 1.29 is 22.7 Å². The van der Waals surface area contributed by atoms with E-state index in [0.717, 1.165) is 7.11 Å². The Hall–Kier alpha value is -1.31. The summed E-state index contributed by atoms with van der Waals surface area (Å²) in [6.45, 7) is 0. The van der Waals surface area contributed by atoms with E-state index >= 15 is 0 Å². The lowest BCUT2D eigenvalue weighted by Crippen LogP contribution is -2.24. The molecule has 0 spiro atoms. The third-order valence-electron chi connectivity index (χ3n) is 1.69. The smallest absolute Gasteiger partial charge is 0.421 e. The maximum atomic E-state index is 12.3. The largest absolute Gasteiger partial charge is 0.464 e. The van der Waals surface area contributed by atoms with Crippen LogP contribution < -0.4 is 5.56 Å². The average Bonchev–Trinajstić information content (AvgIpc) is 2.18. The van der Waals surface area contributed by atoms with Crippen LogP contribution in [0.15, 0.2) is 15.3 Å². The molecule has 0 bridgehead atoms. The molecule has 0 saturated carbocycles. The summed E-state index contributed by atoms with van der Waals surface area (Å²) < 4.78 is 40.9. The zero-order valence-electron chi connectivity index (χ0n) is 7.81. The normalized spacial score (nSPS) is 11.3. The van der Waals surface area contributed by atoms with Crippen molar-refractivity contribution in [2.75, 3.05) is 7.11 Å². The van der Waals surface area contributed by atoms with Crippen molar-refractivity contribution in [2.24, 2.45) is 0 Å². The highest BCUT2D eigenvalue weighted by Crippen LogP contribution is 2.28. The molecule has 8 heteroatoms. The minimum Gasteiger partial charge on any atom is -0.464 e. The number of hydrogen-bond acceptors (Lipinski definition) is 3. The Morgan fingerprint density at radius 3 is 2.50 bits per heavy atom. The number of halogens is 4. The van der Waals surface area contributed by atoms with Crippen molar-refractivity contribution in [1.82, 2.24) is 4.98 Å². The van der Waals surface area contributed by atoms with Gasteiger partial charge in [-0.1, -0.05) is 0 Å². The van der Waals surface area contributed by atoms with E-state index in [1.165, 1.54) is 0 Å². The minimum atomic E-state index is -4.77. The van der Waals surface area contributed by atoms with E-state index in [9.17, 15) is 22.8 Å². The van der Waals surface area contributed by atoms with Crippen LogP contribution in [0.2, 0.25) is 0 Å². The fraction of sp³-hybridized carbons (Fsp3) is 0.250. The SMILES string of the molecule is COC(=O)c1[nH]c(=O)c(C(F)(F)F)cc1Br. The van der Waals surface area contributed by atoms with Crippen LogP contribution in [0.3, 0.4) is 0 Å². The summed E-state index contributed by atoms with van der Waals surface area (Å²) >= 11 is 2.74. The summed E-state index contributed by atoms with van der Waals surface area (Å²) in [6.07, 6.45) is -4.77. The van der Waals surface area contributed by atoms with Gasteiger partial charge in [-0.05, 0) is 22.0 Å². The number of alkyl halides is 3. The van der Waals surface area contributed by atoms with Crippen molar-refractivity contribution in [1.29, 1.82) is 0 Å². The molecular weight excluding hydrogens is 295 g/mol. The first kappa shape index (κ1) is 12.8. The van der Waals surface area contributed by atoms with Gasteiger partial charge in [0.2, 0.25) is 0 Å². The zero-order valence-corrected chi connectivity index (χ0v) is 9.40. The number of aromatic amines is 1. The third kappa shape index (κ3) is 2.43. The molecule has 1 heterocycles. The Morgan fingerprint density at radius 2 is 2.06 bits per heavy atom. The van der Waals surface area contributed by atoms with Crippen molar-refractivity contribution in [3.63, 3.8) is 0 Å². The van der Waals surface area contributed by atoms with E-state index < -0.39 is 23.3 Å². The molecule has 0 fully saturated rings.